The molecule has 54 valence electrons. The van der Waals surface area contributed by atoms with Crippen molar-refractivity contribution in [3.05, 3.63) is 0 Å². The molecule has 0 bridgehead atoms. The van der Waals surface area contributed by atoms with Gasteiger partial charge in [-0.2, -0.15) is 11.8 Å². The second-order valence-electron chi connectivity index (χ2n) is 2.32. The van der Waals surface area contributed by atoms with Crippen LogP contribution < -0.4 is 0 Å². The minimum Gasteiger partial charge on any atom is -0.393 e. The van der Waals surface area contributed by atoms with Crippen LogP contribution in [0.4, 0.5) is 4.39 Å². The number of hydrogen-bond donors (Lipinski definition) is 1. The molecule has 3 heteroatoms. The summed E-state index contributed by atoms with van der Waals surface area (Å²) in [5.41, 5.74) is 0. The Balaban J connectivity index is 2.24. The molecule has 1 nitrogen and oxygen atoms in total. The third kappa shape index (κ3) is 1.83. The van der Waals surface area contributed by atoms with E-state index in [-0.39, 0.29) is 12.5 Å². The van der Waals surface area contributed by atoms with Gasteiger partial charge < -0.3 is 5.11 Å². The minimum atomic E-state index is -0.972. The van der Waals surface area contributed by atoms with Gasteiger partial charge in [-0.15, -0.1) is 0 Å². The van der Waals surface area contributed by atoms with Crippen LogP contribution in [0.3, 0.4) is 0 Å². The molecule has 1 N–H and O–H groups in total. The van der Waals surface area contributed by atoms with Gasteiger partial charge in [0.2, 0.25) is 0 Å². The molecule has 1 saturated heterocycles. The Labute approximate surface area is 58.6 Å². The summed E-state index contributed by atoms with van der Waals surface area (Å²) in [6, 6.07) is 0. The van der Waals surface area contributed by atoms with Crippen LogP contribution in [-0.2, 0) is 0 Å². The molecule has 9 heavy (non-hydrogen) atoms. The normalized spacial score (nSPS) is 30.7. The predicted octanol–water partition coefficient (Wildman–Crippen LogP) is 1.07. The Kier molecular flexibility index (Phi) is 2.79. The SMILES string of the molecule is OCC(F)C1CCSC1. The van der Waals surface area contributed by atoms with E-state index >= 15 is 0 Å². The molecular weight excluding hydrogens is 139 g/mol. The number of aliphatic hydroxyl groups excluding tert-OH is 1. The van der Waals surface area contributed by atoms with E-state index in [1.54, 1.807) is 11.8 Å². The third-order valence-corrected chi connectivity index (χ3v) is 2.84. The fourth-order valence-electron chi connectivity index (χ4n) is 0.987. The first-order chi connectivity index (χ1) is 4.34. The first kappa shape index (κ1) is 7.35. The lowest BCUT2D eigenvalue weighted by atomic mass is 10.0. The molecule has 1 fully saturated rings. The summed E-state index contributed by atoms with van der Waals surface area (Å²) in [7, 11) is 0. The van der Waals surface area contributed by atoms with Gasteiger partial charge in [-0.3, -0.25) is 0 Å². The van der Waals surface area contributed by atoms with Crippen molar-refractivity contribution in [1.29, 1.82) is 0 Å². The number of aliphatic hydroxyl groups is 1. The van der Waals surface area contributed by atoms with Crippen molar-refractivity contribution in [1.82, 2.24) is 0 Å². The average Bonchev–Trinajstić information content (AvgIpc) is 2.37. The van der Waals surface area contributed by atoms with Crippen LogP contribution in [-0.4, -0.2) is 29.4 Å². The highest BCUT2D eigenvalue weighted by Gasteiger charge is 2.23. The van der Waals surface area contributed by atoms with Crippen molar-refractivity contribution < 1.29 is 9.50 Å². The van der Waals surface area contributed by atoms with Crippen LogP contribution in [0.15, 0.2) is 0 Å². The van der Waals surface area contributed by atoms with Crippen molar-refractivity contribution >= 4 is 11.8 Å². The van der Waals surface area contributed by atoms with Crippen molar-refractivity contribution in [3.63, 3.8) is 0 Å². The van der Waals surface area contributed by atoms with Gasteiger partial charge in [-0.1, -0.05) is 0 Å². The molecule has 0 aliphatic carbocycles. The Morgan fingerprint density at radius 1 is 1.78 bits per heavy atom. The van der Waals surface area contributed by atoms with Crippen molar-refractivity contribution in [3.8, 4) is 0 Å². The Morgan fingerprint density at radius 3 is 3.00 bits per heavy atom. The molecule has 2 unspecified atom stereocenters. The van der Waals surface area contributed by atoms with Gasteiger partial charge in [-0.05, 0) is 17.9 Å². The second-order valence-corrected chi connectivity index (χ2v) is 3.47. The van der Waals surface area contributed by atoms with Gasteiger partial charge in [0.05, 0.1) is 6.61 Å². The summed E-state index contributed by atoms with van der Waals surface area (Å²) in [6.07, 6.45) is -0.0353. The van der Waals surface area contributed by atoms with Gasteiger partial charge in [-0.25, -0.2) is 4.39 Å². The molecular formula is C6H11FOS. The van der Waals surface area contributed by atoms with Crippen molar-refractivity contribution in [2.45, 2.75) is 12.6 Å². The van der Waals surface area contributed by atoms with E-state index in [1.807, 2.05) is 0 Å². The summed E-state index contributed by atoms with van der Waals surface area (Å²) in [5.74, 6) is 2.08. The number of thioether (sulfide) groups is 1. The van der Waals surface area contributed by atoms with E-state index in [2.05, 4.69) is 0 Å². The monoisotopic (exact) mass is 150 g/mol. The van der Waals surface area contributed by atoms with Gasteiger partial charge >= 0.3 is 0 Å². The number of alkyl halides is 1. The van der Waals surface area contributed by atoms with E-state index in [9.17, 15) is 4.39 Å². The summed E-state index contributed by atoms with van der Waals surface area (Å²) in [4.78, 5) is 0. The molecule has 0 aromatic carbocycles. The zero-order valence-corrected chi connectivity index (χ0v) is 6.03. The molecule has 0 saturated carbocycles. The predicted molar refractivity (Wildman–Crippen MR) is 37.4 cm³/mol. The first-order valence-electron chi connectivity index (χ1n) is 3.17. The number of halogens is 1. The lowest BCUT2D eigenvalue weighted by Gasteiger charge is -2.09. The van der Waals surface area contributed by atoms with Crippen LogP contribution in [0.2, 0.25) is 0 Å². The zero-order chi connectivity index (χ0) is 6.69. The standard InChI is InChI=1S/C6H11FOS/c7-6(3-8)5-1-2-9-4-5/h5-6,8H,1-4H2. The van der Waals surface area contributed by atoms with E-state index in [4.69, 9.17) is 5.11 Å². The third-order valence-electron chi connectivity index (χ3n) is 1.65. The molecule has 0 aromatic heterocycles. The molecule has 1 rings (SSSR count). The van der Waals surface area contributed by atoms with Crippen LogP contribution in [0.1, 0.15) is 6.42 Å². The summed E-state index contributed by atoms with van der Waals surface area (Å²) < 4.78 is 12.6. The number of hydrogen-bond acceptors (Lipinski definition) is 2. The zero-order valence-electron chi connectivity index (χ0n) is 5.22. The van der Waals surface area contributed by atoms with Crippen molar-refractivity contribution in [2.24, 2.45) is 5.92 Å². The maximum atomic E-state index is 12.6. The van der Waals surface area contributed by atoms with Crippen molar-refractivity contribution in [2.75, 3.05) is 18.1 Å². The maximum absolute atomic E-state index is 12.6. The average molecular weight is 150 g/mol. The molecule has 1 aliphatic rings. The van der Waals surface area contributed by atoms with Crippen LogP contribution in [0, 0.1) is 5.92 Å². The van der Waals surface area contributed by atoms with E-state index in [0.29, 0.717) is 0 Å². The molecule has 0 radical (unpaired) electrons. The van der Waals surface area contributed by atoms with Crippen LogP contribution in [0.25, 0.3) is 0 Å². The smallest absolute Gasteiger partial charge is 0.127 e. The van der Waals surface area contributed by atoms with E-state index in [0.717, 1.165) is 17.9 Å². The van der Waals surface area contributed by atoms with E-state index in [1.165, 1.54) is 0 Å². The largest absolute Gasteiger partial charge is 0.393 e. The molecule has 0 amide bonds. The quantitative estimate of drug-likeness (QED) is 0.635. The fraction of sp³-hybridized carbons (Fsp3) is 1.00. The molecule has 0 spiro atoms. The topological polar surface area (TPSA) is 20.2 Å². The highest BCUT2D eigenvalue weighted by molar-refractivity contribution is 7.99. The lowest BCUT2D eigenvalue weighted by Crippen LogP contribution is -2.18. The van der Waals surface area contributed by atoms with Gasteiger partial charge in [0.1, 0.15) is 6.17 Å². The van der Waals surface area contributed by atoms with Gasteiger partial charge in [0.15, 0.2) is 0 Å². The molecule has 2 atom stereocenters. The second kappa shape index (κ2) is 3.42. The van der Waals surface area contributed by atoms with Crippen LogP contribution >= 0.6 is 11.8 Å². The summed E-state index contributed by atoms with van der Waals surface area (Å²) in [5, 5.41) is 8.41. The van der Waals surface area contributed by atoms with Crippen LogP contribution in [0.5, 0.6) is 0 Å². The molecule has 1 heterocycles. The summed E-state index contributed by atoms with van der Waals surface area (Å²) >= 11 is 1.77. The van der Waals surface area contributed by atoms with Gasteiger partial charge in [0.25, 0.3) is 0 Å². The Bertz CT molecular complexity index is 83.1. The van der Waals surface area contributed by atoms with E-state index < -0.39 is 6.17 Å². The summed E-state index contributed by atoms with van der Waals surface area (Å²) in [6.45, 7) is -0.300. The fourth-order valence-corrected chi connectivity index (χ4v) is 2.30. The highest BCUT2D eigenvalue weighted by Crippen LogP contribution is 2.27. The lowest BCUT2D eigenvalue weighted by molar-refractivity contribution is 0.136. The molecule has 1 aliphatic heterocycles. The Morgan fingerprint density at radius 2 is 2.56 bits per heavy atom. The highest BCUT2D eigenvalue weighted by atomic mass is 32.2. The molecule has 0 aromatic rings. The first-order valence-corrected chi connectivity index (χ1v) is 4.32. The Hall–Kier alpha value is 0.240. The minimum absolute atomic E-state index is 0.125. The maximum Gasteiger partial charge on any atom is 0.127 e. The van der Waals surface area contributed by atoms with Gasteiger partial charge in [0, 0.05) is 5.92 Å². The number of rotatable bonds is 2.